The molecule has 0 aliphatic carbocycles. The lowest BCUT2D eigenvalue weighted by Crippen LogP contribution is -2.51. The first-order valence-electron chi connectivity index (χ1n) is 9.90. The molecule has 2 aromatic carbocycles. The van der Waals surface area contributed by atoms with Crippen molar-refractivity contribution in [1.82, 2.24) is 5.32 Å². The molecular formula is C23H26N2O5. The zero-order valence-electron chi connectivity index (χ0n) is 17.4. The Kier molecular flexibility index (Phi) is 6.40. The molecule has 2 aromatic rings. The van der Waals surface area contributed by atoms with Gasteiger partial charge in [-0.15, -0.1) is 0 Å². The Bertz CT molecular complexity index is 955. The van der Waals surface area contributed by atoms with E-state index in [0.717, 1.165) is 11.1 Å². The molecule has 1 aliphatic rings. The van der Waals surface area contributed by atoms with Gasteiger partial charge in [-0.05, 0) is 55.2 Å². The summed E-state index contributed by atoms with van der Waals surface area (Å²) in [6, 6.07) is 12.6. The van der Waals surface area contributed by atoms with E-state index in [-0.39, 0.29) is 24.3 Å². The molecule has 7 nitrogen and oxygen atoms in total. The molecule has 3 amide bonds. The summed E-state index contributed by atoms with van der Waals surface area (Å²) in [5.41, 5.74) is 1.74. The Morgan fingerprint density at radius 1 is 1.13 bits per heavy atom. The maximum Gasteiger partial charge on any atom is 0.262 e. The average molecular weight is 410 g/mol. The van der Waals surface area contributed by atoms with Gasteiger partial charge >= 0.3 is 0 Å². The Morgan fingerprint density at radius 2 is 1.87 bits per heavy atom. The van der Waals surface area contributed by atoms with Crippen molar-refractivity contribution < 1.29 is 23.9 Å². The summed E-state index contributed by atoms with van der Waals surface area (Å²) in [7, 11) is 1.55. The summed E-state index contributed by atoms with van der Waals surface area (Å²) in [5.74, 6) is 0.255. The average Bonchev–Trinajstić information content (AvgIpc) is 2.74. The second-order valence-electron chi connectivity index (χ2n) is 7.38. The van der Waals surface area contributed by atoms with E-state index < -0.39 is 5.41 Å². The van der Waals surface area contributed by atoms with Crippen LogP contribution in [0.2, 0.25) is 0 Å². The molecule has 0 radical (unpaired) electrons. The quantitative estimate of drug-likeness (QED) is 0.684. The predicted molar refractivity (Wildman–Crippen MR) is 113 cm³/mol. The molecule has 2 N–H and O–H groups in total. The fourth-order valence-electron chi connectivity index (χ4n) is 3.67. The maximum atomic E-state index is 12.5. The number of benzene rings is 2. The third-order valence-corrected chi connectivity index (χ3v) is 5.47. The monoisotopic (exact) mass is 410 g/mol. The first-order chi connectivity index (χ1) is 14.4. The fraction of sp³-hybridized carbons (Fsp3) is 0.348. The van der Waals surface area contributed by atoms with E-state index in [1.165, 1.54) is 0 Å². The molecule has 30 heavy (non-hydrogen) atoms. The maximum absolute atomic E-state index is 12.5. The van der Waals surface area contributed by atoms with Crippen LogP contribution < -0.4 is 20.1 Å². The van der Waals surface area contributed by atoms with Crippen molar-refractivity contribution in [3.63, 3.8) is 0 Å². The van der Waals surface area contributed by atoms with E-state index in [2.05, 4.69) is 10.6 Å². The van der Waals surface area contributed by atoms with E-state index in [1.807, 2.05) is 38.1 Å². The summed E-state index contributed by atoms with van der Waals surface area (Å²) in [6.45, 7) is 3.71. The number of aryl methyl sites for hydroxylation is 1. The summed E-state index contributed by atoms with van der Waals surface area (Å²) in [5, 5.41) is 5.22. The van der Waals surface area contributed by atoms with Crippen LogP contribution in [0.5, 0.6) is 11.5 Å². The number of ether oxygens (including phenoxy) is 2. The van der Waals surface area contributed by atoms with Gasteiger partial charge in [-0.25, -0.2) is 0 Å². The van der Waals surface area contributed by atoms with Crippen molar-refractivity contribution in [1.29, 1.82) is 0 Å². The van der Waals surface area contributed by atoms with E-state index in [0.29, 0.717) is 36.4 Å². The molecule has 0 aromatic heterocycles. The van der Waals surface area contributed by atoms with Gasteiger partial charge in [0, 0.05) is 12.1 Å². The molecular weight excluding hydrogens is 384 g/mol. The number of carbonyl (C=O) groups excluding carboxylic acids is 3. The van der Waals surface area contributed by atoms with Crippen molar-refractivity contribution in [3.8, 4) is 11.5 Å². The van der Waals surface area contributed by atoms with Crippen LogP contribution in [0.4, 0.5) is 5.69 Å². The van der Waals surface area contributed by atoms with Gasteiger partial charge in [-0.1, -0.05) is 25.1 Å². The SMILES string of the molecule is CCC1(c2ccc(NC(=O)COc3ccc(C)cc3OC)cc2)CCC(=O)NC1=O. The first-order valence-corrected chi connectivity index (χ1v) is 9.90. The normalized spacial score (nSPS) is 18.5. The molecule has 1 saturated heterocycles. The van der Waals surface area contributed by atoms with Gasteiger partial charge in [-0.2, -0.15) is 0 Å². The summed E-state index contributed by atoms with van der Waals surface area (Å²) >= 11 is 0. The van der Waals surface area contributed by atoms with E-state index >= 15 is 0 Å². The number of amides is 3. The van der Waals surface area contributed by atoms with Crippen molar-refractivity contribution >= 4 is 23.4 Å². The zero-order chi connectivity index (χ0) is 21.7. The minimum atomic E-state index is -0.721. The number of rotatable bonds is 7. The number of anilines is 1. The Hall–Kier alpha value is -3.35. The van der Waals surface area contributed by atoms with Gasteiger partial charge in [0.1, 0.15) is 0 Å². The Morgan fingerprint density at radius 3 is 2.50 bits per heavy atom. The summed E-state index contributed by atoms with van der Waals surface area (Å²) in [4.78, 5) is 36.3. The number of imide groups is 1. The van der Waals surface area contributed by atoms with Crippen LogP contribution in [0.1, 0.15) is 37.3 Å². The molecule has 0 spiro atoms. The lowest BCUT2D eigenvalue weighted by atomic mass is 9.72. The molecule has 1 aliphatic heterocycles. The third kappa shape index (κ3) is 4.45. The van der Waals surface area contributed by atoms with Crippen molar-refractivity contribution in [2.45, 2.75) is 38.5 Å². The molecule has 158 valence electrons. The zero-order valence-corrected chi connectivity index (χ0v) is 17.4. The van der Waals surface area contributed by atoms with Crippen LogP contribution >= 0.6 is 0 Å². The topological polar surface area (TPSA) is 93.7 Å². The predicted octanol–water partition coefficient (Wildman–Crippen LogP) is 3.11. The lowest BCUT2D eigenvalue weighted by Gasteiger charge is -2.35. The first kappa shape index (κ1) is 21.4. The van der Waals surface area contributed by atoms with Crippen LogP contribution in [-0.4, -0.2) is 31.4 Å². The molecule has 0 saturated carbocycles. The van der Waals surface area contributed by atoms with Crippen molar-refractivity contribution in [3.05, 3.63) is 53.6 Å². The fourth-order valence-corrected chi connectivity index (χ4v) is 3.67. The van der Waals surface area contributed by atoms with E-state index in [9.17, 15) is 14.4 Å². The number of hydrogen-bond acceptors (Lipinski definition) is 5. The van der Waals surface area contributed by atoms with E-state index in [1.54, 1.807) is 25.3 Å². The molecule has 0 bridgehead atoms. The smallest absolute Gasteiger partial charge is 0.262 e. The molecule has 1 heterocycles. The highest BCUT2D eigenvalue weighted by atomic mass is 16.5. The van der Waals surface area contributed by atoms with Crippen LogP contribution in [-0.2, 0) is 19.8 Å². The van der Waals surface area contributed by atoms with Crippen molar-refractivity contribution in [2.24, 2.45) is 0 Å². The summed E-state index contributed by atoms with van der Waals surface area (Å²) < 4.78 is 10.8. The second kappa shape index (κ2) is 8.98. The second-order valence-corrected chi connectivity index (χ2v) is 7.38. The van der Waals surface area contributed by atoms with E-state index in [4.69, 9.17) is 9.47 Å². The minimum Gasteiger partial charge on any atom is -0.493 e. The highest BCUT2D eigenvalue weighted by Crippen LogP contribution is 2.36. The van der Waals surface area contributed by atoms with Crippen LogP contribution in [0, 0.1) is 6.92 Å². The molecule has 1 fully saturated rings. The molecule has 3 rings (SSSR count). The Balaban J connectivity index is 1.63. The van der Waals surface area contributed by atoms with Gasteiger partial charge in [0.15, 0.2) is 18.1 Å². The number of carbonyl (C=O) groups is 3. The third-order valence-electron chi connectivity index (χ3n) is 5.47. The van der Waals surface area contributed by atoms with Crippen LogP contribution in [0.25, 0.3) is 0 Å². The number of nitrogens with one attached hydrogen (secondary N) is 2. The lowest BCUT2D eigenvalue weighted by molar-refractivity contribution is -0.138. The molecule has 1 unspecified atom stereocenters. The summed E-state index contributed by atoms with van der Waals surface area (Å²) in [6.07, 6.45) is 1.38. The van der Waals surface area contributed by atoms with Crippen molar-refractivity contribution in [2.75, 3.05) is 19.0 Å². The van der Waals surface area contributed by atoms with Gasteiger partial charge in [0.05, 0.1) is 12.5 Å². The standard InChI is InChI=1S/C23H26N2O5/c1-4-23(12-11-20(26)25-22(23)28)16-6-8-17(9-7-16)24-21(27)14-30-18-10-5-15(2)13-19(18)29-3/h5-10,13H,4,11-12,14H2,1-3H3,(H,24,27)(H,25,26,28). The highest BCUT2D eigenvalue weighted by molar-refractivity contribution is 6.03. The number of hydrogen-bond donors (Lipinski definition) is 2. The van der Waals surface area contributed by atoms with Crippen LogP contribution in [0.15, 0.2) is 42.5 Å². The highest BCUT2D eigenvalue weighted by Gasteiger charge is 2.42. The Labute approximate surface area is 175 Å². The largest absolute Gasteiger partial charge is 0.493 e. The van der Waals surface area contributed by atoms with Gasteiger partial charge in [0.2, 0.25) is 11.8 Å². The minimum absolute atomic E-state index is 0.162. The molecule has 7 heteroatoms. The van der Waals surface area contributed by atoms with Gasteiger partial charge in [-0.3, -0.25) is 19.7 Å². The van der Waals surface area contributed by atoms with Gasteiger partial charge in [0.25, 0.3) is 5.91 Å². The van der Waals surface area contributed by atoms with Crippen LogP contribution in [0.3, 0.4) is 0 Å². The van der Waals surface area contributed by atoms with Gasteiger partial charge < -0.3 is 14.8 Å². The number of piperidine rings is 1. The number of methoxy groups -OCH3 is 1. The molecule has 1 atom stereocenters.